The van der Waals surface area contributed by atoms with E-state index in [2.05, 4.69) is 43.8 Å². The van der Waals surface area contributed by atoms with Crippen molar-refractivity contribution in [3.63, 3.8) is 0 Å². The number of ether oxygens (including phenoxy) is 4. The zero-order valence-electron chi connectivity index (χ0n) is 30.9. The second-order valence-electron chi connectivity index (χ2n) is 14.0. The standard InChI is InChI=1S/C41H56N2O8/c1-7-19-43(40(46)47-5)37-26-35(42-48-6)33-24-29(13-9-11-20-44)32(14-10-12-21-45)38-34-25-31(50-30-16-15-27(3)28(4)23-30)17-18-36(34)51-41(37,39(33)38)49-22-8-2/h8,15-18,23-25,29,32,37-39,44-45H,2,7,9-14,19-22,26H2,1,3-6H3. The highest BCUT2D eigenvalue weighted by Gasteiger charge is 2.65. The molecule has 10 heteroatoms. The molecular weight excluding hydrogens is 648 g/mol. The fourth-order valence-electron chi connectivity index (χ4n) is 8.47. The molecule has 1 aliphatic heterocycles. The molecule has 10 nitrogen and oxygen atoms in total. The predicted octanol–water partition coefficient (Wildman–Crippen LogP) is 7.84. The van der Waals surface area contributed by atoms with E-state index in [1.807, 2.05) is 31.2 Å². The Kier molecular flexibility index (Phi) is 13.2. The number of fused-ring (bicyclic) bond motifs is 2. The lowest BCUT2D eigenvalue weighted by molar-refractivity contribution is -0.255. The number of aliphatic hydroxyl groups is 2. The molecule has 2 N–H and O–H groups in total. The normalized spacial score (nSPS) is 25.6. The van der Waals surface area contributed by atoms with Gasteiger partial charge < -0.3 is 34.0 Å². The molecule has 6 unspecified atom stereocenters. The van der Waals surface area contributed by atoms with Crippen LogP contribution in [0.25, 0.3) is 0 Å². The molecule has 3 aliphatic rings. The van der Waals surface area contributed by atoms with Crippen LogP contribution < -0.4 is 9.47 Å². The molecule has 1 heterocycles. The van der Waals surface area contributed by atoms with Gasteiger partial charge in [-0.1, -0.05) is 43.1 Å². The van der Waals surface area contributed by atoms with Gasteiger partial charge in [0.1, 0.15) is 30.4 Å². The first kappa shape index (κ1) is 38.4. The van der Waals surface area contributed by atoms with Crippen LogP contribution in [-0.4, -0.2) is 79.3 Å². The van der Waals surface area contributed by atoms with Crippen LogP contribution in [0.4, 0.5) is 4.79 Å². The lowest BCUT2D eigenvalue weighted by atomic mass is 9.55. The second-order valence-corrected chi connectivity index (χ2v) is 14.0. The van der Waals surface area contributed by atoms with Gasteiger partial charge in [0.25, 0.3) is 0 Å². The van der Waals surface area contributed by atoms with Crippen molar-refractivity contribution < 1.29 is 38.8 Å². The second kappa shape index (κ2) is 17.6. The van der Waals surface area contributed by atoms with E-state index in [-0.39, 0.29) is 43.5 Å². The number of aliphatic hydroxyl groups excluding tert-OH is 2. The third-order valence-corrected chi connectivity index (χ3v) is 10.8. The van der Waals surface area contributed by atoms with Gasteiger partial charge in [0.15, 0.2) is 0 Å². The zero-order chi connectivity index (χ0) is 36.5. The fraction of sp³-hybridized carbons (Fsp3) is 0.561. The third kappa shape index (κ3) is 7.98. The number of hydrogen-bond acceptors (Lipinski definition) is 9. The van der Waals surface area contributed by atoms with Gasteiger partial charge in [0.2, 0.25) is 5.79 Å². The van der Waals surface area contributed by atoms with Crippen LogP contribution in [0.15, 0.2) is 65.9 Å². The molecular formula is C41H56N2O8. The van der Waals surface area contributed by atoms with Crippen molar-refractivity contribution in [2.24, 2.45) is 22.9 Å². The van der Waals surface area contributed by atoms with Gasteiger partial charge in [-0.15, -0.1) is 6.58 Å². The highest BCUT2D eigenvalue weighted by molar-refractivity contribution is 6.02. The van der Waals surface area contributed by atoms with Crippen molar-refractivity contribution in [3.05, 3.63) is 77.4 Å². The maximum Gasteiger partial charge on any atom is 0.409 e. The summed E-state index contributed by atoms with van der Waals surface area (Å²) in [5.41, 5.74) is 5.08. The van der Waals surface area contributed by atoms with Crippen molar-refractivity contribution >= 4 is 11.8 Å². The molecule has 5 rings (SSSR count). The molecule has 2 aromatic carbocycles. The number of hydrogen-bond donors (Lipinski definition) is 2. The minimum absolute atomic E-state index is 0.120. The highest BCUT2D eigenvalue weighted by Crippen LogP contribution is 2.62. The van der Waals surface area contributed by atoms with Crippen LogP contribution in [0.2, 0.25) is 0 Å². The molecule has 0 radical (unpaired) electrons. The molecule has 0 spiro atoms. The Bertz CT molecular complexity index is 1570. The Hall–Kier alpha value is -3.86. The number of methoxy groups -OCH3 is 1. The van der Waals surface area contributed by atoms with E-state index in [1.54, 1.807) is 18.1 Å². The minimum Gasteiger partial charge on any atom is -0.459 e. The number of amides is 1. The van der Waals surface area contributed by atoms with Gasteiger partial charge in [-0.05, 0) is 105 Å². The van der Waals surface area contributed by atoms with Gasteiger partial charge in [0.05, 0.1) is 25.3 Å². The molecule has 1 fully saturated rings. The zero-order valence-corrected chi connectivity index (χ0v) is 30.9. The molecule has 51 heavy (non-hydrogen) atoms. The average molecular weight is 705 g/mol. The fourth-order valence-corrected chi connectivity index (χ4v) is 8.47. The van der Waals surface area contributed by atoms with Crippen molar-refractivity contribution in [2.45, 2.75) is 89.9 Å². The first-order chi connectivity index (χ1) is 24.8. The van der Waals surface area contributed by atoms with Crippen LogP contribution in [0, 0.1) is 31.6 Å². The van der Waals surface area contributed by atoms with Crippen molar-refractivity contribution in [1.29, 1.82) is 0 Å². The van der Waals surface area contributed by atoms with Crippen LogP contribution >= 0.6 is 0 Å². The Morgan fingerprint density at radius 3 is 2.43 bits per heavy atom. The Labute approximate surface area is 303 Å². The monoisotopic (exact) mass is 704 g/mol. The predicted molar refractivity (Wildman–Crippen MR) is 197 cm³/mol. The van der Waals surface area contributed by atoms with E-state index in [0.29, 0.717) is 43.7 Å². The molecule has 0 aromatic heterocycles. The summed E-state index contributed by atoms with van der Waals surface area (Å²) in [7, 11) is 2.94. The van der Waals surface area contributed by atoms with Gasteiger partial charge in [-0.25, -0.2) is 4.79 Å². The summed E-state index contributed by atoms with van der Waals surface area (Å²) in [4.78, 5) is 20.8. The molecule has 2 aliphatic carbocycles. The smallest absolute Gasteiger partial charge is 0.409 e. The summed E-state index contributed by atoms with van der Waals surface area (Å²) < 4.78 is 25.9. The van der Waals surface area contributed by atoms with Crippen molar-refractivity contribution in [2.75, 3.05) is 40.6 Å². The Morgan fingerprint density at radius 1 is 1.04 bits per heavy atom. The highest BCUT2D eigenvalue weighted by atomic mass is 16.7. The number of nitrogens with zero attached hydrogens (tertiary/aromatic N) is 2. The molecule has 2 aromatic rings. The first-order valence-corrected chi connectivity index (χ1v) is 18.5. The van der Waals surface area contributed by atoms with Crippen LogP contribution in [0.1, 0.15) is 80.9 Å². The average Bonchev–Trinajstić information content (AvgIpc) is 3.13. The minimum atomic E-state index is -1.31. The van der Waals surface area contributed by atoms with Gasteiger partial charge in [-0.2, -0.15) is 0 Å². The Morgan fingerprint density at radius 2 is 1.76 bits per heavy atom. The number of unbranched alkanes of at least 4 members (excludes halogenated alkanes) is 2. The lowest BCUT2D eigenvalue weighted by Crippen LogP contribution is -2.70. The topological polar surface area (TPSA) is 119 Å². The summed E-state index contributed by atoms with van der Waals surface area (Å²) in [6, 6.07) is 11.5. The molecule has 0 saturated heterocycles. The number of carbonyl (C=O) groups excluding carboxylic acids is 1. The van der Waals surface area contributed by atoms with E-state index < -0.39 is 17.9 Å². The molecule has 1 amide bonds. The lowest BCUT2D eigenvalue weighted by Gasteiger charge is -2.59. The molecule has 0 bridgehead atoms. The molecule has 1 saturated carbocycles. The summed E-state index contributed by atoms with van der Waals surface area (Å²) in [6.07, 6.45) is 9.44. The van der Waals surface area contributed by atoms with E-state index >= 15 is 0 Å². The largest absolute Gasteiger partial charge is 0.459 e. The van der Waals surface area contributed by atoms with Crippen LogP contribution in [0.5, 0.6) is 17.2 Å². The summed E-state index contributed by atoms with van der Waals surface area (Å²) in [6.45, 7) is 11.0. The molecule has 278 valence electrons. The SMILES string of the molecule is C=CCOC12Oc3ccc(Oc4ccc(C)c(C)c4)cc3C3C(CCCCO)C(CCCCO)C=C(C(=NOC)CC1N(CCC)C(=O)OC)C32. The van der Waals surface area contributed by atoms with E-state index in [4.69, 9.17) is 23.8 Å². The maximum absolute atomic E-state index is 13.6. The summed E-state index contributed by atoms with van der Waals surface area (Å²) in [5, 5.41) is 24.2. The third-order valence-electron chi connectivity index (χ3n) is 10.8. The van der Waals surface area contributed by atoms with E-state index in [0.717, 1.165) is 53.8 Å². The van der Waals surface area contributed by atoms with Gasteiger partial charge >= 0.3 is 6.09 Å². The van der Waals surface area contributed by atoms with Crippen LogP contribution in [-0.2, 0) is 14.3 Å². The first-order valence-electron chi connectivity index (χ1n) is 18.5. The van der Waals surface area contributed by atoms with Crippen molar-refractivity contribution in [3.8, 4) is 17.2 Å². The quantitative estimate of drug-likeness (QED) is 0.0972. The number of aryl methyl sites for hydroxylation is 2. The number of allylic oxidation sites excluding steroid dienone is 1. The van der Waals surface area contributed by atoms with E-state index in [9.17, 15) is 15.0 Å². The number of rotatable bonds is 17. The Balaban J connectivity index is 1.76. The number of oxime groups is 1. The van der Waals surface area contributed by atoms with Gasteiger partial charge in [-0.3, -0.25) is 4.90 Å². The van der Waals surface area contributed by atoms with Gasteiger partial charge in [0, 0.05) is 37.7 Å². The molecule has 6 atom stereocenters. The number of carbonyl (C=O) groups is 1. The summed E-state index contributed by atoms with van der Waals surface area (Å²) >= 11 is 0. The maximum atomic E-state index is 13.6. The van der Waals surface area contributed by atoms with Crippen molar-refractivity contribution in [1.82, 2.24) is 4.90 Å². The summed E-state index contributed by atoms with van der Waals surface area (Å²) in [5.74, 6) is 0.564. The van der Waals surface area contributed by atoms with Crippen LogP contribution in [0.3, 0.4) is 0 Å². The van der Waals surface area contributed by atoms with E-state index in [1.165, 1.54) is 12.7 Å². The number of benzene rings is 2.